The number of hydrogen-bond donors (Lipinski definition) is 0. The fourth-order valence-corrected chi connectivity index (χ4v) is 3.87. The number of nitrogens with zero attached hydrogens (tertiary/aromatic N) is 2. The van der Waals surface area contributed by atoms with Gasteiger partial charge in [-0.15, -0.1) is 0 Å². The van der Waals surface area contributed by atoms with E-state index in [0.717, 1.165) is 11.3 Å². The van der Waals surface area contributed by atoms with E-state index in [9.17, 15) is 9.59 Å². The molecule has 0 unspecified atom stereocenters. The molecule has 5 nitrogen and oxygen atoms in total. The molecule has 0 spiro atoms. The summed E-state index contributed by atoms with van der Waals surface area (Å²) in [6.45, 7) is 0. The highest BCUT2D eigenvalue weighted by Crippen LogP contribution is 2.36. The number of methoxy groups -OCH3 is 1. The lowest BCUT2D eigenvalue weighted by Crippen LogP contribution is -2.27. The summed E-state index contributed by atoms with van der Waals surface area (Å²) >= 11 is 6.65. The van der Waals surface area contributed by atoms with Gasteiger partial charge < -0.3 is 9.64 Å². The highest BCUT2D eigenvalue weighted by atomic mass is 32.2. The monoisotopic (exact) mass is 398 g/mol. The van der Waals surface area contributed by atoms with E-state index >= 15 is 0 Å². The largest absolute Gasteiger partial charge is 0.465 e. The van der Waals surface area contributed by atoms with E-state index in [2.05, 4.69) is 4.74 Å². The molecule has 1 heterocycles. The molecule has 138 valence electrons. The van der Waals surface area contributed by atoms with Crippen LogP contribution in [-0.2, 0) is 9.53 Å². The first kappa shape index (κ1) is 19.1. The predicted octanol–water partition coefficient (Wildman–Crippen LogP) is 3.95. The number of rotatable bonds is 4. The summed E-state index contributed by atoms with van der Waals surface area (Å²) in [5.74, 6) is -0.597. The van der Waals surface area contributed by atoms with E-state index in [0.29, 0.717) is 20.5 Å². The van der Waals surface area contributed by atoms with E-state index in [1.165, 1.54) is 23.8 Å². The van der Waals surface area contributed by atoms with E-state index in [1.54, 1.807) is 24.3 Å². The summed E-state index contributed by atoms with van der Waals surface area (Å²) in [5, 5.41) is 0. The zero-order valence-electron chi connectivity index (χ0n) is 15.1. The molecule has 1 amide bonds. The predicted molar refractivity (Wildman–Crippen MR) is 114 cm³/mol. The molecule has 27 heavy (non-hydrogen) atoms. The molecule has 0 aromatic heterocycles. The van der Waals surface area contributed by atoms with Crippen LogP contribution >= 0.6 is 24.0 Å². The lowest BCUT2D eigenvalue weighted by Gasteiger charge is -2.14. The molecular weight excluding hydrogens is 380 g/mol. The first-order valence-corrected chi connectivity index (χ1v) is 9.37. The van der Waals surface area contributed by atoms with Crippen LogP contribution in [0.25, 0.3) is 6.08 Å². The van der Waals surface area contributed by atoms with Crippen LogP contribution in [-0.4, -0.2) is 37.4 Å². The minimum atomic E-state index is -0.423. The van der Waals surface area contributed by atoms with Crippen molar-refractivity contribution in [2.75, 3.05) is 31.0 Å². The molecule has 0 radical (unpaired) electrons. The Labute approximate surface area is 167 Å². The van der Waals surface area contributed by atoms with Gasteiger partial charge in [0, 0.05) is 19.8 Å². The summed E-state index contributed by atoms with van der Waals surface area (Å²) in [4.78, 5) is 28.4. The maximum Gasteiger partial charge on any atom is 0.337 e. The van der Waals surface area contributed by atoms with Crippen molar-refractivity contribution < 1.29 is 14.3 Å². The fraction of sp³-hybridized carbons (Fsp3) is 0.150. The van der Waals surface area contributed by atoms with Crippen molar-refractivity contribution in [1.82, 2.24) is 0 Å². The summed E-state index contributed by atoms with van der Waals surface area (Å²) in [6, 6.07) is 14.5. The second-order valence-corrected chi connectivity index (χ2v) is 7.72. The number of anilines is 2. The summed E-state index contributed by atoms with van der Waals surface area (Å²) in [7, 11) is 5.28. The fourth-order valence-electron chi connectivity index (χ4n) is 2.57. The minimum absolute atomic E-state index is 0.174. The molecular formula is C20H18N2O3S2. The van der Waals surface area contributed by atoms with Crippen LogP contribution in [0, 0.1) is 0 Å². The van der Waals surface area contributed by atoms with Crippen molar-refractivity contribution in [2.24, 2.45) is 0 Å². The zero-order valence-corrected chi connectivity index (χ0v) is 16.8. The molecule has 1 aliphatic heterocycles. The highest BCUT2D eigenvalue weighted by Gasteiger charge is 2.33. The molecule has 2 aromatic rings. The standard InChI is InChI=1S/C20H18N2O3S2/c1-21(2)15-8-4-13(5-9-15)12-17-18(23)22(20(26)27-17)16-10-6-14(7-11-16)19(24)25-3/h4-12H,1-3H3/b17-12-. The molecule has 0 saturated carbocycles. The minimum Gasteiger partial charge on any atom is -0.465 e. The van der Waals surface area contributed by atoms with Gasteiger partial charge >= 0.3 is 5.97 Å². The summed E-state index contributed by atoms with van der Waals surface area (Å²) in [6.07, 6.45) is 1.83. The SMILES string of the molecule is COC(=O)c1ccc(N2C(=O)/C(=C/c3ccc(N(C)C)cc3)SC2=S)cc1. The lowest BCUT2D eigenvalue weighted by atomic mass is 10.1. The van der Waals surface area contributed by atoms with E-state index in [1.807, 2.05) is 49.3 Å². The molecule has 3 rings (SSSR count). The normalized spacial score (nSPS) is 15.4. The van der Waals surface area contributed by atoms with Crippen LogP contribution in [0.2, 0.25) is 0 Å². The molecule has 1 fully saturated rings. The maximum absolute atomic E-state index is 12.8. The van der Waals surface area contributed by atoms with Crippen LogP contribution in [0.15, 0.2) is 53.4 Å². The second kappa shape index (κ2) is 7.94. The quantitative estimate of drug-likeness (QED) is 0.442. The summed E-state index contributed by atoms with van der Waals surface area (Å²) in [5.41, 5.74) is 3.06. The van der Waals surface area contributed by atoms with Crippen LogP contribution in [0.3, 0.4) is 0 Å². The Morgan fingerprint density at radius 1 is 1.11 bits per heavy atom. The van der Waals surface area contributed by atoms with Crippen LogP contribution in [0.4, 0.5) is 11.4 Å². The average Bonchev–Trinajstić information content (AvgIpc) is 2.95. The van der Waals surface area contributed by atoms with Crippen molar-refractivity contribution in [1.29, 1.82) is 0 Å². The third-order valence-corrected chi connectivity index (χ3v) is 5.35. The van der Waals surface area contributed by atoms with Crippen molar-refractivity contribution in [3.8, 4) is 0 Å². The van der Waals surface area contributed by atoms with Gasteiger partial charge in [0.2, 0.25) is 0 Å². The van der Waals surface area contributed by atoms with E-state index in [-0.39, 0.29) is 5.91 Å². The number of esters is 1. The van der Waals surface area contributed by atoms with Crippen molar-refractivity contribution in [3.05, 3.63) is 64.6 Å². The Bertz CT molecular complexity index is 919. The second-order valence-electron chi connectivity index (χ2n) is 6.04. The first-order chi connectivity index (χ1) is 12.9. The molecule has 0 bridgehead atoms. The Morgan fingerprint density at radius 3 is 2.30 bits per heavy atom. The van der Waals surface area contributed by atoms with Gasteiger partial charge in [-0.25, -0.2) is 4.79 Å². The van der Waals surface area contributed by atoms with Gasteiger partial charge in [0.15, 0.2) is 4.32 Å². The Hall–Kier alpha value is -2.64. The molecule has 2 aromatic carbocycles. The van der Waals surface area contributed by atoms with Gasteiger partial charge in [-0.3, -0.25) is 9.69 Å². The van der Waals surface area contributed by atoms with Crippen LogP contribution in [0.5, 0.6) is 0 Å². The topological polar surface area (TPSA) is 49.9 Å². The van der Waals surface area contributed by atoms with Crippen molar-refractivity contribution in [3.63, 3.8) is 0 Å². The molecule has 7 heteroatoms. The van der Waals surface area contributed by atoms with Gasteiger partial charge in [-0.1, -0.05) is 36.1 Å². The number of ether oxygens (including phenoxy) is 1. The van der Waals surface area contributed by atoms with Gasteiger partial charge in [-0.05, 0) is 48.0 Å². The number of hydrogen-bond acceptors (Lipinski definition) is 6. The van der Waals surface area contributed by atoms with Crippen LogP contribution in [0.1, 0.15) is 15.9 Å². The third-order valence-electron chi connectivity index (χ3n) is 4.05. The van der Waals surface area contributed by atoms with Gasteiger partial charge in [0.05, 0.1) is 23.3 Å². The Morgan fingerprint density at radius 2 is 1.74 bits per heavy atom. The van der Waals surface area contributed by atoms with E-state index in [4.69, 9.17) is 12.2 Å². The Balaban J connectivity index is 1.83. The number of carbonyl (C=O) groups is 2. The Kier molecular flexibility index (Phi) is 5.62. The number of benzene rings is 2. The van der Waals surface area contributed by atoms with Gasteiger partial charge in [-0.2, -0.15) is 0 Å². The smallest absolute Gasteiger partial charge is 0.337 e. The lowest BCUT2D eigenvalue weighted by molar-refractivity contribution is -0.113. The third kappa shape index (κ3) is 4.04. The average molecular weight is 399 g/mol. The van der Waals surface area contributed by atoms with E-state index < -0.39 is 5.97 Å². The maximum atomic E-state index is 12.8. The molecule has 0 N–H and O–H groups in total. The summed E-state index contributed by atoms with van der Waals surface area (Å²) < 4.78 is 5.15. The molecule has 0 aliphatic carbocycles. The van der Waals surface area contributed by atoms with Crippen molar-refractivity contribution >= 4 is 57.6 Å². The zero-order chi connectivity index (χ0) is 19.6. The van der Waals surface area contributed by atoms with Gasteiger partial charge in [0.1, 0.15) is 0 Å². The highest BCUT2D eigenvalue weighted by molar-refractivity contribution is 8.27. The number of carbonyl (C=O) groups excluding carboxylic acids is 2. The first-order valence-electron chi connectivity index (χ1n) is 8.14. The number of amides is 1. The molecule has 0 atom stereocenters. The number of thioether (sulfide) groups is 1. The molecule has 1 aliphatic rings. The molecule has 1 saturated heterocycles. The van der Waals surface area contributed by atoms with Crippen molar-refractivity contribution in [2.45, 2.75) is 0 Å². The number of thiocarbonyl (C=S) groups is 1. The van der Waals surface area contributed by atoms with Gasteiger partial charge in [0.25, 0.3) is 5.91 Å². The van der Waals surface area contributed by atoms with Crippen LogP contribution < -0.4 is 9.80 Å².